The van der Waals surface area contributed by atoms with E-state index in [0.29, 0.717) is 0 Å². The van der Waals surface area contributed by atoms with E-state index < -0.39 is 0 Å². The zero-order chi connectivity index (χ0) is 33.5. The second kappa shape index (κ2) is 15.4. The van der Waals surface area contributed by atoms with E-state index >= 15 is 0 Å². The molecule has 6 aromatic carbocycles. The fourth-order valence-corrected chi connectivity index (χ4v) is 6.91. The molecule has 0 aliphatic rings. The summed E-state index contributed by atoms with van der Waals surface area (Å²) in [4.78, 5) is 0. The Morgan fingerprint density at radius 1 is 0.354 bits per heavy atom. The summed E-state index contributed by atoms with van der Waals surface area (Å²) >= 11 is 0. The largest absolute Gasteiger partial charge is 0.207 e. The normalized spacial score (nSPS) is 11.2. The number of hydrogen-bond donors (Lipinski definition) is 0. The third kappa shape index (κ3) is 8.17. The van der Waals surface area contributed by atoms with E-state index in [1.54, 1.807) is 0 Å². The van der Waals surface area contributed by atoms with Crippen LogP contribution < -0.4 is 0 Å². The zero-order valence-corrected chi connectivity index (χ0v) is 28.3. The summed E-state index contributed by atoms with van der Waals surface area (Å²) in [6.07, 6.45) is 8.47. The van der Waals surface area contributed by atoms with Crippen molar-refractivity contribution in [1.29, 1.82) is 0 Å². The summed E-state index contributed by atoms with van der Waals surface area (Å²) in [7, 11) is 0. The van der Waals surface area contributed by atoms with Gasteiger partial charge >= 0.3 is 0 Å². The zero-order valence-electron chi connectivity index (χ0n) is 28.3. The quantitative estimate of drug-likeness (QED) is 0.118. The average molecular weight is 635 g/mol. The highest BCUT2D eigenvalue weighted by Gasteiger charge is 2.10. The summed E-state index contributed by atoms with van der Waals surface area (Å²) < 4.78 is 26.7. The molecule has 0 heterocycles. The Bertz CT molecular complexity index is 1930. The molecule has 0 saturated carbocycles. The Labute approximate surface area is 285 Å². The number of halogens is 2. The van der Waals surface area contributed by atoms with E-state index in [2.05, 4.69) is 99.6 Å². The molecule has 0 nitrogen and oxygen atoms in total. The van der Waals surface area contributed by atoms with Gasteiger partial charge in [0.15, 0.2) is 0 Å². The lowest BCUT2D eigenvalue weighted by Gasteiger charge is -2.14. The lowest BCUT2D eigenvalue weighted by molar-refractivity contribution is 0.613. The minimum absolute atomic E-state index is 0.206. The van der Waals surface area contributed by atoms with Crippen molar-refractivity contribution in [2.75, 3.05) is 0 Å². The molecule has 6 aromatic rings. The molecule has 0 atom stereocenters. The highest BCUT2D eigenvalue weighted by atomic mass is 19.1. The first-order valence-corrected chi connectivity index (χ1v) is 17.3. The maximum absolute atomic E-state index is 13.4. The summed E-state index contributed by atoms with van der Waals surface area (Å²) in [5.41, 5.74) is 15.8. The highest BCUT2D eigenvalue weighted by molar-refractivity contribution is 5.77. The predicted molar refractivity (Wildman–Crippen MR) is 199 cm³/mol. The van der Waals surface area contributed by atoms with Gasteiger partial charge < -0.3 is 0 Å². The van der Waals surface area contributed by atoms with E-state index in [1.165, 1.54) is 106 Å². The Balaban J connectivity index is 0.928. The van der Waals surface area contributed by atoms with Crippen LogP contribution in [0, 0.1) is 32.4 Å². The van der Waals surface area contributed by atoms with E-state index in [9.17, 15) is 8.78 Å². The van der Waals surface area contributed by atoms with Crippen molar-refractivity contribution in [2.24, 2.45) is 0 Å². The van der Waals surface area contributed by atoms with Gasteiger partial charge in [0.1, 0.15) is 11.6 Å². The van der Waals surface area contributed by atoms with Crippen molar-refractivity contribution in [2.45, 2.75) is 65.7 Å². The van der Waals surface area contributed by atoms with Gasteiger partial charge in [-0.05, 0) is 143 Å². The first kappa shape index (κ1) is 33.1. The smallest absolute Gasteiger partial charge is 0.123 e. The van der Waals surface area contributed by atoms with Crippen LogP contribution in [-0.4, -0.2) is 0 Å². The van der Waals surface area contributed by atoms with Gasteiger partial charge in [-0.3, -0.25) is 0 Å². The van der Waals surface area contributed by atoms with Crippen molar-refractivity contribution in [3.05, 3.63) is 167 Å². The molecule has 0 spiro atoms. The van der Waals surface area contributed by atoms with Gasteiger partial charge in [0.2, 0.25) is 0 Å². The van der Waals surface area contributed by atoms with Crippen molar-refractivity contribution < 1.29 is 8.78 Å². The van der Waals surface area contributed by atoms with Gasteiger partial charge in [0.05, 0.1) is 0 Å². The number of hydrogen-bond acceptors (Lipinski definition) is 0. The number of rotatable bonds is 12. The van der Waals surface area contributed by atoms with Gasteiger partial charge in [0, 0.05) is 0 Å². The highest BCUT2D eigenvalue weighted by Crippen LogP contribution is 2.33. The van der Waals surface area contributed by atoms with Crippen molar-refractivity contribution in [3.8, 4) is 44.5 Å². The van der Waals surface area contributed by atoms with Crippen molar-refractivity contribution in [3.63, 3.8) is 0 Å². The van der Waals surface area contributed by atoms with E-state index in [1.807, 2.05) is 24.3 Å². The van der Waals surface area contributed by atoms with Crippen molar-refractivity contribution >= 4 is 0 Å². The molecule has 0 fully saturated rings. The summed E-state index contributed by atoms with van der Waals surface area (Å²) in [5.74, 6) is -0.414. The molecule has 242 valence electrons. The van der Waals surface area contributed by atoms with Crippen LogP contribution in [0.4, 0.5) is 8.78 Å². The van der Waals surface area contributed by atoms with Crippen LogP contribution in [0.15, 0.2) is 127 Å². The fraction of sp³-hybridized carbons (Fsp3) is 0.217. The maximum Gasteiger partial charge on any atom is 0.123 e. The molecular formula is C46H44F2. The Kier molecular flexibility index (Phi) is 10.6. The topological polar surface area (TPSA) is 0 Å². The monoisotopic (exact) mass is 634 g/mol. The van der Waals surface area contributed by atoms with Crippen molar-refractivity contribution in [1.82, 2.24) is 0 Å². The van der Waals surface area contributed by atoms with Crippen LogP contribution in [0.3, 0.4) is 0 Å². The summed E-state index contributed by atoms with van der Waals surface area (Å²) in [5, 5.41) is 0. The minimum Gasteiger partial charge on any atom is -0.207 e. The third-order valence-corrected chi connectivity index (χ3v) is 9.55. The van der Waals surface area contributed by atoms with Gasteiger partial charge in [0.25, 0.3) is 0 Å². The number of aryl methyl sites for hydroxylation is 5. The van der Waals surface area contributed by atoms with Gasteiger partial charge in [-0.1, -0.05) is 122 Å². The van der Waals surface area contributed by atoms with Crippen LogP contribution >= 0.6 is 0 Å². The molecule has 0 unspecified atom stereocenters. The molecule has 0 saturated heterocycles. The van der Waals surface area contributed by atoms with Crippen LogP contribution in [0.25, 0.3) is 44.5 Å². The maximum atomic E-state index is 13.4. The minimum atomic E-state index is -0.208. The lowest BCUT2D eigenvalue weighted by atomic mass is 9.91. The van der Waals surface area contributed by atoms with Crippen LogP contribution in [0.2, 0.25) is 0 Å². The molecular weight excluding hydrogens is 591 g/mol. The summed E-state index contributed by atoms with van der Waals surface area (Å²) in [6.45, 7) is 6.47. The molecule has 2 heteroatoms. The fourth-order valence-electron chi connectivity index (χ4n) is 6.91. The second-order valence-electron chi connectivity index (χ2n) is 13.2. The Hall–Kier alpha value is -4.82. The van der Waals surface area contributed by atoms with Gasteiger partial charge in [-0.25, -0.2) is 8.78 Å². The number of unbranched alkanes of at least 4 members (excludes halogenated alkanes) is 4. The molecule has 0 aliphatic carbocycles. The summed E-state index contributed by atoms with van der Waals surface area (Å²) in [6, 6.07) is 42.4. The molecule has 0 amide bonds. The number of benzene rings is 6. The van der Waals surface area contributed by atoms with Crippen LogP contribution in [0.5, 0.6) is 0 Å². The lowest BCUT2D eigenvalue weighted by Crippen LogP contribution is -1.92. The van der Waals surface area contributed by atoms with Crippen LogP contribution in [0.1, 0.15) is 59.9 Å². The first-order valence-electron chi connectivity index (χ1n) is 17.3. The molecule has 0 aromatic heterocycles. The average Bonchev–Trinajstić information content (AvgIpc) is 3.09. The molecule has 0 bridgehead atoms. The Morgan fingerprint density at radius 3 is 1.25 bits per heavy atom. The second-order valence-corrected chi connectivity index (χ2v) is 13.2. The SMILES string of the molecule is Cc1cc(-c2ccc(F)cc2)ccc1-c1ccc(CCCCCCCc2ccc(-c3c(C)cc(-c4ccc(F)cc4)cc3C)cc2)cc1. The molecule has 0 N–H and O–H groups in total. The Morgan fingerprint density at radius 2 is 0.750 bits per heavy atom. The van der Waals surface area contributed by atoms with Gasteiger partial charge in [-0.15, -0.1) is 0 Å². The predicted octanol–water partition coefficient (Wildman–Crippen LogP) is 13.3. The van der Waals surface area contributed by atoms with E-state index in [-0.39, 0.29) is 11.6 Å². The molecule has 0 radical (unpaired) electrons. The molecule has 6 rings (SSSR count). The van der Waals surface area contributed by atoms with Crippen LogP contribution in [-0.2, 0) is 12.8 Å². The molecule has 48 heavy (non-hydrogen) atoms. The first-order chi connectivity index (χ1) is 23.3. The van der Waals surface area contributed by atoms with Gasteiger partial charge in [-0.2, -0.15) is 0 Å². The van der Waals surface area contributed by atoms with E-state index in [0.717, 1.165) is 35.1 Å². The standard InChI is InChI=1S/C46H44F2/c1-32-29-41(37-19-24-43(47)25-20-37)23-28-45(32)39-15-11-35(12-16-39)9-7-5-4-6-8-10-36-13-17-40(18-14-36)46-33(2)30-42(31-34(46)3)38-21-26-44(48)27-22-38/h11-31H,4-10H2,1-3H3. The third-order valence-electron chi connectivity index (χ3n) is 9.55. The van der Waals surface area contributed by atoms with E-state index in [4.69, 9.17) is 0 Å². The molecule has 0 aliphatic heterocycles.